The van der Waals surface area contributed by atoms with Crippen LogP contribution < -0.4 is 11.1 Å². The average Bonchev–Trinajstić information content (AvgIpc) is 2.76. The van der Waals surface area contributed by atoms with Crippen LogP contribution in [0, 0.1) is 5.92 Å². The maximum atomic E-state index is 11.8. The van der Waals surface area contributed by atoms with Crippen molar-refractivity contribution in [1.29, 1.82) is 0 Å². The highest BCUT2D eigenvalue weighted by molar-refractivity contribution is 7.17. The van der Waals surface area contributed by atoms with Crippen molar-refractivity contribution in [3.8, 4) is 0 Å². The first kappa shape index (κ1) is 13.3. The summed E-state index contributed by atoms with van der Waals surface area (Å²) in [6.07, 6.45) is 5.11. The maximum absolute atomic E-state index is 11.8. The van der Waals surface area contributed by atoms with Crippen molar-refractivity contribution in [3.63, 3.8) is 0 Å². The van der Waals surface area contributed by atoms with Gasteiger partial charge in [-0.3, -0.25) is 4.79 Å². The van der Waals surface area contributed by atoms with Gasteiger partial charge in [-0.05, 0) is 38.8 Å². The zero-order valence-electron chi connectivity index (χ0n) is 10.7. The molecule has 0 saturated carbocycles. The largest absolute Gasteiger partial charge is 0.375 e. The van der Waals surface area contributed by atoms with Gasteiger partial charge in [0.05, 0.1) is 6.20 Å². The van der Waals surface area contributed by atoms with Crippen LogP contribution >= 0.6 is 11.3 Å². The smallest absolute Gasteiger partial charge is 0.263 e. The lowest BCUT2D eigenvalue weighted by molar-refractivity contribution is 0.0952. The van der Waals surface area contributed by atoms with Crippen molar-refractivity contribution in [3.05, 3.63) is 11.1 Å². The molecule has 0 spiro atoms. The number of nitrogens with one attached hydrogen (secondary N) is 1. The number of aromatic nitrogens is 1. The number of hydrogen-bond acceptors (Lipinski definition) is 5. The molecule has 0 aromatic carbocycles. The molecule has 0 radical (unpaired) electrons. The summed E-state index contributed by atoms with van der Waals surface area (Å²) in [7, 11) is 2.16. The summed E-state index contributed by atoms with van der Waals surface area (Å²) in [6, 6.07) is 0. The molecule has 5 nitrogen and oxygen atoms in total. The van der Waals surface area contributed by atoms with E-state index in [4.69, 9.17) is 5.73 Å². The highest BCUT2D eigenvalue weighted by Gasteiger charge is 2.17. The van der Waals surface area contributed by atoms with Crippen molar-refractivity contribution in [1.82, 2.24) is 15.2 Å². The Morgan fingerprint density at radius 3 is 3.22 bits per heavy atom. The summed E-state index contributed by atoms with van der Waals surface area (Å²) in [5.74, 6) is 0.643. The van der Waals surface area contributed by atoms with Crippen LogP contribution in [-0.4, -0.2) is 42.5 Å². The fourth-order valence-electron chi connectivity index (χ4n) is 2.38. The summed E-state index contributed by atoms with van der Waals surface area (Å²) < 4.78 is 0. The van der Waals surface area contributed by atoms with Gasteiger partial charge in [0.25, 0.3) is 5.91 Å². The number of nitrogens with zero attached hydrogens (tertiary/aromatic N) is 2. The first-order chi connectivity index (χ1) is 8.65. The minimum atomic E-state index is -0.0617. The van der Waals surface area contributed by atoms with E-state index in [1.54, 1.807) is 0 Å². The zero-order valence-corrected chi connectivity index (χ0v) is 11.5. The molecule has 6 heteroatoms. The number of piperidine rings is 1. The average molecular weight is 268 g/mol. The Hall–Kier alpha value is -1.14. The normalized spacial score (nSPS) is 20.8. The van der Waals surface area contributed by atoms with Crippen LogP contribution in [0.1, 0.15) is 28.9 Å². The molecule has 0 bridgehead atoms. The van der Waals surface area contributed by atoms with E-state index < -0.39 is 0 Å². The minimum Gasteiger partial charge on any atom is -0.375 e. The van der Waals surface area contributed by atoms with Gasteiger partial charge in [-0.25, -0.2) is 4.98 Å². The van der Waals surface area contributed by atoms with E-state index in [-0.39, 0.29) is 5.91 Å². The third-order valence-corrected chi connectivity index (χ3v) is 4.13. The van der Waals surface area contributed by atoms with E-state index in [9.17, 15) is 4.79 Å². The van der Waals surface area contributed by atoms with Crippen molar-refractivity contribution in [2.45, 2.75) is 19.3 Å². The van der Waals surface area contributed by atoms with Gasteiger partial charge < -0.3 is 16.0 Å². The molecule has 3 N–H and O–H groups in total. The number of hydrogen-bond donors (Lipinski definition) is 2. The quantitative estimate of drug-likeness (QED) is 0.860. The van der Waals surface area contributed by atoms with E-state index in [1.807, 2.05) is 0 Å². The van der Waals surface area contributed by atoms with Crippen LogP contribution in [0.15, 0.2) is 6.20 Å². The molecule has 1 aliphatic heterocycles. The van der Waals surface area contributed by atoms with Crippen LogP contribution in [0.25, 0.3) is 0 Å². The molecule has 1 saturated heterocycles. The van der Waals surface area contributed by atoms with E-state index in [0.717, 1.165) is 19.5 Å². The number of carbonyl (C=O) groups excluding carboxylic acids is 1. The van der Waals surface area contributed by atoms with Crippen molar-refractivity contribution in [2.24, 2.45) is 5.92 Å². The van der Waals surface area contributed by atoms with Crippen molar-refractivity contribution in [2.75, 3.05) is 32.4 Å². The van der Waals surface area contributed by atoms with Crippen LogP contribution in [0.5, 0.6) is 0 Å². The Bertz CT molecular complexity index is 407. The number of thiazole rings is 1. The highest BCUT2D eigenvalue weighted by Crippen LogP contribution is 2.18. The van der Waals surface area contributed by atoms with Gasteiger partial charge in [0, 0.05) is 13.1 Å². The van der Waals surface area contributed by atoms with Gasteiger partial charge in [0.15, 0.2) is 5.13 Å². The molecule has 2 heterocycles. The highest BCUT2D eigenvalue weighted by atomic mass is 32.1. The van der Waals surface area contributed by atoms with Crippen molar-refractivity contribution < 1.29 is 4.79 Å². The molecule has 0 aliphatic carbocycles. The molecule has 1 aliphatic rings. The third kappa shape index (κ3) is 3.68. The Balaban J connectivity index is 1.70. The Labute approximate surface area is 111 Å². The van der Waals surface area contributed by atoms with Gasteiger partial charge >= 0.3 is 0 Å². The standard InChI is InChI=1S/C12H20N4OS/c1-16-6-2-3-9(8-16)4-5-14-11(17)10-7-15-12(13)18-10/h7,9H,2-6,8H2,1H3,(H2,13,15)(H,14,17)/t9-/m0/s1. The number of likely N-dealkylation sites (tertiary alicyclic amines) is 1. The second-order valence-electron chi connectivity index (χ2n) is 4.88. The summed E-state index contributed by atoms with van der Waals surface area (Å²) in [6.45, 7) is 3.07. The summed E-state index contributed by atoms with van der Waals surface area (Å²) in [4.78, 5) is 18.6. The summed E-state index contributed by atoms with van der Waals surface area (Å²) >= 11 is 1.23. The SMILES string of the molecule is CN1CCC[C@@H](CCNC(=O)c2cnc(N)s2)C1. The molecular formula is C12H20N4OS. The first-order valence-corrected chi connectivity index (χ1v) is 7.15. The lowest BCUT2D eigenvalue weighted by atomic mass is 9.95. The van der Waals surface area contributed by atoms with Gasteiger partial charge in [0.1, 0.15) is 4.88 Å². The van der Waals surface area contributed by atoms with E-state index in [0.29, 0.717) is 15.9 Å². The van der Waals surface area contributed by atoms with E-state index in [2.05, 4.69) is 22.2 Å². The number of carbonyl (C=O) groups is 1. The molecule has 1 atom stereocenters. The number of nitrogens with two attached hydrogens (primary N) is 1. The van der Waals surface area contributed by atoms with Gasteiger partial charge in [-0.2, -0.15) is 0 Å². The topological polar surface area (TPSA) is 71.2 Å². The first-order valence-electron chi connectivity index (χ1n) is 6.33. The third-order valence-electron chi connectivity index (χ3n) is 3.31. The minimum absolute atomic E-state index is 0.0617. The Kier molecular flexibility index (Phi) is 4.54. The zero-order chi connectivity index (χ0) is 13.0. The number of rotatable bonds is 4. The van der Waals surface area contributed by atoms with Crippen LogP contribution in [0.4, 0.5) is 5.13 Å². The fraction of sp³-hybridized carbons (Fsp3) is 0.667. The molecule has 1 aromatic heterocycles. The summed E-state index contributed by atoms with van der Waals surface area (Å²) in [5, 5.41) is 3.37. The molecule has 2 rings (SSSR count). The number of nitrogen functional groups attached to an aromatic ring is 1. The van der Waals surface area contributed by atoms with Crippen LogP contribution in [-0.2, 0) is 0 Å². The van der Waals surface area contributed by atoms with Gasteiger partial charge in [-0.1, -0.05) is 11.3 Å². The molecule has 1 fully saturated rings. The second-order valence-corrected chi connectivity index (χ2v) is 5.94. The molecule has 1 aromatic rings. The van der Waals surface area contributed by atoms with E-state index in [1.165, 1.54) is 36.9 Å². The predicted octanol–water partition coefficient (Wildman–Crippen LogP) is 1.19. The van der Waals surface area contributed by atoms with E-state index >= 15 is 0 Å². The molecule has 100 valence electrons. The van der Waals surface area contributed by atoms with Crippen molar-refractivity contribution >= 4 is 22.4 Å². The van der Waals surface area contributed by atoms with Gasteiger partial charge in [0.2, 0.25) is 0 Å². The molecule has 1 amide bonds. The lowest BCUT2D eigenvalue weighted by Crippen LogP contribution is -2.34. The predicted molar refractivity (Wildman–Crippen MR) is 73.7 cm³/mol. The lowest BCUT2D eigenvalue weighted by Gasteiger charge is -2.29. The Morgan fingerprint density at radius 2 is 2.56 bits per heavy atom. The second kappa shape index (κ2) is 6.15. The molecule has 18 heavy (non-hydrogen) atoms. The monoisotopic (exact) mass is 268 g/mol. The summed E-state index contributed by atoms with van der Waals surface area (Å²) in [5.41, 5.74) is 5.50. The number of anilines is 1. The van der Waals surface area contributed by atoms with Gasteiger partial charge in [-0.15, -0.1) is 0 Å². The Morgan fingerprint density at radius 1 is 1.72 bits per heavy atom. The molecule has 0 unspecified atom stereocenters. The maximum Gasteiger partial charge on any atom is 0.263 e. The molecular weight excluding hydrogens is 248 g/mol. The number of amides is 1. The fourth-order valence-corrected chi connectivity index (χ4v) is 2.98. The van der Waals surface area contributed by atoms with Crippen LogP contribution in [0.2, 0.25) is 0 Å². The van der Waals surface area contributed by atoms with Crippen LogP contribution in [0.3, 0.4) is 0 Å².